The second kappa shape index (κ2) is 11.3. The highest BCUT2D eigenvalue weighted by Crippen LogP contribution is 2.21. The van der Waals surface area contributed by atoms with Crippen LogP contribution in [0.2, 0.25) is 0 Å². The zero-order chi connectivity index (χ0) is 22.1. The van der Waals surface area contributed by atoms with Gasteiger partial charge in [0, 0.05) is 6.54 Å². The molecule has 9 nitrogen and oxygen atoms in total. The lowest BCUT2D eigenvalue weighted by molar-refractivity contribution is -0.156. The Morgan fingerprint density at radius 2 is 1.90 bits per heavy atom. The van der Waals surface area contributed by atoms with Crippen molar-refractivity contribution < 1.29 is 28.7 Å². The van der Waals surface area contributed by atoms with Crippen LogP contribution in [0.1, 0.15) is 31.7 Å². The minimum absolute atomic E-state index is 0.111. The van der Waals surface area contributed by atoms with Crippen molar-refractivity contribution in [2.75, 3.05) is 20.7 Å². The van der Waals surface area contributed by atoms with Crippen LogP contribution >= 0.6 is 0 Å². The predicted octanol–water partition coefficient (Wildman–Crippen LogP) is 0.377. The first kappa shape index (κ1) is 23.3. The van der Waals surface area contributed by atoms with Gasteiger partial charge in [-0.25, -0.2) is 4.79 Å². The van der Waals surface area contributed by atoms with Crippen molar-refractivity contribution in [1.29, 1.82) is 0 Å². The highest BCUT2D eigenvalue weighted by molar-refractivity contribution is 5.94. The molecule has 1 aromatic rings. The summed E-state index contributed by atoms with van der Waals surface area (Å²) in [4.78, 5) is 51.1. The number of likely N-dealkylation sites (N-methyl/N-ethyl adjacent to an activating group) is 1. The van der Waals surface area contributed by atoms with Crippen LogP contribution in [0, 0.1) is 0 Å². The number of hydrogen-bond donors (Lipinski definition) is 2. The van der Waals surface area contributed by atoms with E-state index in [4.69, 9.17) is 4.74 Å². The molecule has 1 aliphatic rings. The summed E-state index contributed by atoms with van der Waals surface area (Å²) in [6, 6.07) is 6.83. The van der Waals surface area contributed by atoms with Crippen LogP contribution in [-0.2, 0) is 35.3 Å². The number of benzene rings is 1. The van der Waals surface area contributed by atoms with E-state index < -0.39 is 41.9 Å². The van der Waals surface area contributed by atoms with E-state index in [2.05, 4.69) is 15.4 Å². The van der Waals surface area contributed by atoms with E-state index in [1.807, 2.05) is 30.3 Å². The van der Waals surface area contributed by atoms with Gasteiger partial charge in [0.2, 0.25) is 11.8 Å². The summed E-state index contributed by atoms with van der Waals surface area (Å²) in [6.07, 6.45) is 0.771. The third kappa shape index (κ3) is 6.28. The van der Waals surface area contributed by atoms with Crippen LogP contribution in [0.5, 0.6) is 0 Å². The maximum atomic E-state index is 13.1. The van der Waals surface area contributed by atoms with Crippen molar-refractivity contribution in [3.63, 3.8) is 0 Å². The fourth-order valence-electron chi connectivity index (χ4n) is 3.18. The first-order valence-corrected chi connectivity index (χ1v) is 9.92. The summed E-state index contributed by atoms with van der Waals surface area (Å²) in [6.45, 7) is 2.09. The van der Waals surface area contributed by atoms with Crippen LogP contribution in [-0.4, -0.2) is 67.5 Å². The second-order valence-electron chi connectivity index (χ2n) is 7.13. The van der Waals surface area contributed by atoms with Gasteiger partial charge in [0.05, 0.1) is 19.6 Å². The van der Waals surface area contributed by atoms with Crippen molar-refractivity contribution in [1.82, 2.24) is 15.5 Å². The molecule has 0 spiro atoms. The molecule has 2 rings (SSSR count). The number of carbonyl (C=O) groups is 4. The molecule has 0 unspecified atom stereocenters. The second-order valence-corrected chi connectivity index (χ2v) is 7.13. The first-order valence-electron chi connectivity index (χ1n) is 9.92. The Balaban J connectivity index is 2.07. The summed E-state index contributed by atoms with van der Waals surface area (Å²) >= 11 is 0. The largest absolute Gasteiger partial charge is 0.469 e. The molecule has 2 N–H and O–H groups in total. The van der Waals surface area contributed by atoms with Crippen molar-refractivity contribution in [3.05, 3.63) is 35.9 Å². The third-order valence-corrected chi connectivity index (χ3v) is 5.07. The number of esters is 2. The smallest absolute Gasteiger partial charge is 0.329 e. The lowest BCUT2D eigenvalue weighted by Crippen LogP contribution is -2.55. The minimum Gasteiger partial charge on any atom is -0.469 e. The Hall–Kier alpha value is -2.94. The van der Waals surface area contributed by atoms with E-state index in [-0.39, 0.29) is 13.0 Å². The summed E-state index contributed by atoms with van der Waals surface area (Å²) in [5.41, 5.74) is 0.846. The van der Waals surface area contributed by atoms with Gasteiger partial charge < -0.3 is 25.0 Å². The van der Waals surface area contributed by atoms with Gasteiger partial charge in [0.15, 0.2) is 0 Å². The molecule has 0 aliphatic carbocycles. The quantitative estimate of drug-likeness (QED) is 0.556. The molecule has 9 heteroatoms. The lowest BCUT2D eigenvalue weighted by atomic mass is 10.1. The van der Waals surface area contributed by atoms with Crippen LogP contribution in [0.4, 0.5) is 0 Å². The molecule has 0 radical (unpaired) electrons. The monoisotopic (exact) mass is 419 g/mol. The highest BCUT2D eigenvalue weighted by Gasteiger charge is 2.39. The Bertz CT molecular complexity index is 754. The molecule has 1 heterocycles. The maximum Gasteiger partial charge on any atom is 0.329 e. The van der Waals surface area contributed by atoms with E-state index in [1.54, 1.807) is 14.0 Å². The topological polar surface area (TPSA) is 114 Å². The zero-order valence-corrected chi connectivity index (χ0v) is 17.6. The number of methoxy groups -OCH3 is 1. The molecule has 2 amide bonds. The molecule has 3 atom stereocenters. The maximum absolute atomic E-state index is 13.1. The van der Waals surface area contributed by atoms with Crippen LogP contribution in [0.15, 0.2) is 30.3 Å². The Kier molecular flexibility index (Phi) is 8.79. The first-order chi connectivity index (χ1) is 14.4. The van der Waals surface area contributed by atoms with E-state index in [1.165, 1.54) is 12.0 Å². The van der Waals surface area contributed by atoms with Gasteiger partial charge in [0.1, 0.15) is 18.7 Å². The lowest BCUT2D eigenvalue weighted by Gasteiger charge is -2.28. The number of nitrogens with one attached hydrogen (secondary N) is 2. The molecule has 0 aromatic heterocycles. The highest BCUT2D eigenvalue weighted by atomic mass is 16.5. The van der Waals surface area contributed by atoms with Gasteiger partial charge >= 0.3 is 11.9 Å². The van der Waals surface area contributed by atoms with Crippen LogP contribution in [0.3, 0.4) is 0 Å². The number of hydrogen-bond acceptors (Lipinski definition) is 7. The normalized spacial score (nSPS) is 17.7. The third-order valence-electron chi connectivity index (χ3n) is 5.07. The molecule has 30 heavy (non-hydrogen) atoms. The number of rotatable bonds is 9. The molecular weight excluding hydrogens is 390 g/mol. The van der Waals surface area contributed by atoms with Gasteiger partial charge in [-0.3, -0.25) is 14.4 Å². The van der Waals surface area contributed by atoms with E-state index in [0.29, 0.717) is 19.4 Å². The number of nitrogens with zero attached hydrogens (tertiary/aromatic N) is 1. The summed E-state index contributed by atoms with van der Waals surface area (Å²) in [5, 5.41) is 5.36. The molecule has 1 aliphatic heterocycles. The SMILES string of the molecule is CN[C@@H](C)C(=O)N[C@@H](CC(=O)OC)C(=O)N1CCC[C@H]1C(=O)OCc1ccccc1. The van der Waals surface area contributed by atoms with Gasteiger partial charge in [0.25, 0.3) is 0 Å². The molecule has 1 fully saturated rings. The fourth-order valence-corrected chi connectivity index (χ4v) is 3.18. The number of carbonyl (C=O) groups excluding carboxylic acids is 4. The number of likely N-dealkylation sites (tertiary alicyclic amines) is 1. The van der Waals surface area contributed by atoms with Gasteiger partial charge in [-0.05, 0) is 32.4 Å². The average molecular weight is 419 g/mol. The summed E-state index contributed by atoms with van der Waals surface area (Å²) in [5.74, 6) is -2.07. The molecule has 0 bridgehead atoms. The molecule has 1 aromatic carbocycles. The van der Waals surface area contributed by atoms with Gasteiger partial charge in [-0.2, -0.15) is 0 Å². The van der Waals surface area contributed by atoms with E-state index in [9.17, 15) is 19.2 Å². The fraction of sp³-hybridized carbons (Fsp3) is 0.524. The van der Waals surface area contributed by atoms with Crippen molar-refractivity contribution in [3.8, 4) is 0 Å². The standard InChI is InChI=1S/C21H29N3O6/c1-14(22-2)19(26)23-16(12-18(25)29-3)20(27)24-11-7-10-17(24)21(28)30-13-15-8-5-4-6-9-15/h4-6,8-9,14,16-17,22H,7,10-13H2,1-3H3,(H,23,26)/t14-,16-,17-/m0/s1. The van der Waals surface area contributed by atoms with Gasteiger partial charge in [-0.15, -0.1) is 0 Å². The zero-order valence-electron chi connectivity index (χ0n) is 17.6. The molecule has 164 valence electrons. The van der Waals surface area contributed by atoms with Gasteiger partial charge in [-0.1, -0.05) is 30.3 Å². The number of amides is 2. The van der Waals surface area contributed by atoms with Crippen molar-refractivity contribution >= 4 is 23.8 Å². The Labute approximate surface area is 176 Å². The molecule has 1 saturated heterocycles. The van der Waals surface area contributed by atoms with Crippen molar-refractivity contribution in [2.45, 2.75) is 50.9 Å². The Morgan fingerprint density at radius 1 is 1.20 bits per heavy atom. The summed E-state index contributed by atoms with van der Waals surface area (Å²) < 4.78 is 10.0. The Morgan fingerprint density at radius 3 is 2.53 bits per heavy atom. The van der Waals surface area contributed by atoms with Crippen molar-refractivity contribution in [2.24, 2.45) is 0 Å². The molecular formula is C21H29N3O6. The van der Waals surface area contributed by atoms with E-state index >= 15 is 0 Å². The summed E-state index contributed by atoms with van der Waals surface area (Å²) in [7, 11) is 2.82. The average Bonchev–Trinajstić information content (AvgIpc) is 3.26. The minimum atomic E-state index is -1.12. The predicted molar refractivity (Wildman–Crippen MR) is 108 cm³/mol. The van der Waals surface area contributed by atoms with Crippen LogP contribution in [0.25, 0.3) is 0 Å². The molecule has 0 saturated carbocycles. The van der Waals surface area contributed by atoms with E-state index in [0.717, 1.165) is 5.56 Å². The number of ether oxygens (including phenoxy) is 2. The van der Waals surface area contributed by atoms with Crippen LogP contribution < -0.4 is 10.6 Å².